The fraction of sp³-hybridized carbons (Fsp3) is 0.389. The standard InChI is InChI=1S/C18H22N4O3/c1-11(15(23)21-18(3,4)5)20-16(24)14-12(2)25-17(13(14)10-19)22-8-6-7-9-22/h6-9,11H,1-5H3,(H,20,24)(H,21,23)/t11-/m0/s1. The lowest BCUT2D eigenvalue weighted by Crippen LogP contribution is -2.50. The molecule has 132 valence electrons. The van der Waals surface area contributed by atoms with Gasteiger partial charge in [0.1, 0.15) is 29.0 Å². The first-order valence-electron chi connectivity index (χ1n) is 7.93. The van der Waals surface area contributed by atoms with E-state index < -0.39 is 17.5 Å². The van der Waals surface area contributed by atoms with E-state index in [9.17, 15) is 14.9 Å². The van der Waals surface area contributed by atoms with E-state index >= 15 is 0 Å². The predicted octanol–water partition coefficient (Wildman–Crippen LogP) is 2.28. The molecule has 2 heterocycles. The summed E-state index contributed by atoms with van der Waals surface area (Å²) in [5, 5.41) is 14.9. The van der Waals surface area contributed by atoms with Crippen LogP contribution in [-0.2, 0) is 4.79 Å². The first-order valence-corrected chi connectivity index (χ1v) is 7.93. The second kappa shape index (κ2) is 6.85. The smallest absolute Gasteiger partial charge is 0.256 e. The number of nitrogens with zero attached hydrogens (tertiary/aromatic N) is 2. The van der Waals surface area contributed by atoms with Crippen LogP contribution in [0.2, 0.25) is 0 Å². The molecule has 2 rings (SSSR count). The van der Waals surface area contributed by atoms with E-state index in [1.54, 1.807) is 42.9 Å². The average molecular weight is 342 g/mol. The van der Waals surface area contributed by atoms with Gasteiger partial charge in [-0.05, 0) is 46.8 Å². The molecule has 1 atom stereocenters. The van der Waals surface area contributed by atoms with Crippen molar-refractivity contribution in [3.63, 3.8) is 0 Å². The molecule has 25 heavy (non-hydrogen) atoms. The summed E-state index contributed by atoms with van der Waals surface area (Å²) >= 11 is 0. The largest absolute Gasteiger partial charge is 0.443 e. The number of nitrogens with one attached hydrogen (secondary N) is 2. The van der Waals surface area contributed by atoms with Gasteiger partial charge in [-0.1, -0.05) is 0 Å². The Bertz CT molecular complexity index is 820. The first kappa shape index (κ1) is 18.3. The molecule has 0 bridgehead atoms. The van der Waals surface area contributed by atoms with E-state index in [4.69, 9.17) is 4.42 Å². The van der Waals surface area contributed by atoms with Crippen molar-refractivity contribution >= 4 is 11.8 Å². The van der Waals surface area contributed by atoms with Gasteiger partial charge >= 0.3 is 0 Å². The van der Waals surface area contributed by atoms with E-state index in [0.717, 1.165) is 0 Å². The minimum atomic E-state index is -0.748. The van der Waals surface area contributed by atoms with Gasteiger partial charge in [0, 0.05) is 17.9 Å². The molecule has 0 unspecified atom stereocenters. The zero-order chi connectivity index (χ0) is 18.8. The second-order valence-corrected chi connectivity index (χ2v) is 6.85. The van der Waals surface area contributed by atoms with E-state index in [1.165, 1.54) is 0 Å². The molecule has 7 heteroatoms. The Morgan fingerprint density at radius 1 is 1.28 bits per heavy atom. The molecule has 2 aromatic heterocycles. The van der Waals surface area contributed by atoms with Gasteiger partial charge in [0.25, 0.3) is 5.91 Å². The molecular formula is C18H22N4O3. The van der Waals surface area contributed by atoms with Gasteiger partial charge in [-0.25, -0.2) is 0 Å². The molecule has 0 spiro atoms. The summed E-state index contributed by atoms with van der Waals surface area (Å²) in [5.74, 6) is -0.220. The predicted molar refractivity (Wildman–Crippen MR) is 92.3 cm³/mol. The van der Waals surface area contributed by atoms with E-state index in [-0.39, 0.29) is 22.9 Å². The minimum absolute atomic E-state index is 0.134. The molecule has 0 saturated heterocycles. The number of hydrogen-bond donors (Lipinski definition) is 2. The molecule has 0 fully saturated rings. The Balaban J connectivity index is 2.26. The van der Waals surface area contributed by atoms with Crippen molar-refractivity contribution in [3.05, 3.63) is 41.4 Å². The molecule has 0 aliphatic carbocycles. The number of rotatable bonds is 4. The van der Waals surface area contributed by atoms with Crippen LogP contribution in [0, 0.1) is 18.3 Å². The summed E-state index contributed by atoms with van der Waals surface area (Å²) in [6, 6.07) is 4.85. The average Bonchev–Trinajstić information content (AvgIpc) is 3.11. The topological polar surface area (TPSA) is 100 Å². The SMILES string of the molecule is Cc1oc(-n2cccc2)c(C#N)c1C(=O)N[C@@H](C)C(=O)NC(C)(C)C. The fourth-order valence-electron chi connectivity index (χ4n) is 2.37. The van der Waals surface area contributed by atoms with Crippen LogP contribution in [-0.4, -0.2) is 28.0 Å². The van der Waals surface area contributed by atoms with Gasteiger partial charge in [0.05, 0.1) is 0 Å². The summed E-state index contributed by atoms with van der Waals surface area (Å²) in [6.45, 7) is 8.78. The number of carbonyl (C=O) groups is 2. The molecule has 2 N–H and O–H groups in total. The Morgan fingerprint density at radius 3 is 2.40 bits per heavy atom. The van der Waals surface area contributed by atoms with Crippen molar-refractivity contribution in [2.45, 2.75) is 46.2 Å². The maximum absolute atomic E-state index is 12.6. The Morgan fingerprint density at radius 2 is 1.88 bits per heavy atom. The Kier molecular flexibility index (Phi) is 5.02. The monoisotopic (exact) mass is 342 g/mol. The zero-order valence-electron chi connectivity index (χ0n) is 15.0. The number of aryl methyl sites for hydroxylation is 1. The summed E-state index contributed by atoms with van der Waals surface area (Å²) in [6.07, 6.45) is 3.44. The third-order valence-corrected chi connectivity index (χ3v) is 3.48. The molecule has 0 aliphatic rings. The van der Waals surface area contributed by atoms with Crippen LogP contribution in [0.5, 0.6) is 0 Å². The normalized spacial score (nSPS) is 12.3. The lowest BCUT2D eigenvalue weighted by atomic mass is 10.1. The molecule has 2 aromatic rings. The number of amides is 2. The van der Waals surface area contributed by atoms with Gasteiger partial charge in [0.2, 0.25) is 11.8 Å². The van der Waals surface area contributed by atoms with Crippen LogP contribution in [0.25, 0.3) is 5.88 Å². The fourth-order valence-corrected chi connectivity index (χ4v) is 2.37. The van der Waals surface area contributed by atoms with Crippen molar-refractivity contribution in [2.24, 2.45) is 0 Å². The zero-order valence-corrected chi connectivity index (χ0v) is 15.0. The summed E-state index contributed by atoms with van der Waals surface area (Å²) in [4.78, 5) is 24.7. The van der Waals surface area contributed by atoms with E-state index in [2.05, 4.69) is 10.6 Å². The van der Waals surface area contributed by atoms with Crippen molar-refractivity contribution in [2.75, 3.05) is 0 Å². The summed E-state index contributed by atoms with van der Waals surface area (Å²) in [5.41, 5.74) is -0.127. The van der Waals surface area contributed by atoms with Gasteiger partial charge < -0.3 is 15.1 Å². The molecule has 0 saturated carbocycles. The van der Waals surface area contributed by atoms with Crippen molar-refractivity contribution in [1.29, 1.82) is 5.26 Å². The van der Waals surface area contributed by atoms with Gasteiger partial charge in [-0.2, -0.15) is 5.26 Å². The highest BCUT2D eigenvalue weighted by Crippen LogP contribution is 2.25. The summed E-state index contributed by atoms with van der Waals surface area (Å²) < 4.78 is 7.23. The molecule has 2 amide bonds. The molecule has 0 radical (unpaired) electrons. The third kappa shape index (κ3) is 4.10. The van der Waals surface area contributed by atoms with E-state index in [0.29, 0.717) is 5.76 Å². The highest BCUT2D eigenvalue weighted by Gasteiger charge is 2.27. The van der Waals surface area contributed by atoms with E-state index in [1.807, 2.05) is 26.8 Å². The minimum Gasteiger partial charge on any atom is -0.443 e. The first-order chi connectivity index (χ1) is 11.6. The maximum atomic E-state index is 12.6. The number of furan rings is 1. The number of carbonyl (C=O) groups excluding carboxylic acids is 2. The lowest BCUT2D eigenvalue weighted by Gasteiger charge is -2.23. The van der Waals surface area contributed by atoms with Gasteiger partial charge in [-0.3, -0.25) is 14.2 Å². The highest BCUT2D eigenvalue weighted by atomic mass is 16.4. The number of nitriles is 1. The molecule has 7 nitrogen and oxygen atoms in total. The second-order valence-electron chi connectivity index (χ2n) is 6.85. The van der Waals surface area contributed by atoms with Crippen LogP contribution < -0.4 is 10.6 Å². The van der Waals surface area contributed by atoms with Crippen LogP contribution in [0.4, 0.5) is 0 Å². The Labute approximate surface area is 146 Å². The van der Waals surface area contributed by atoms with Crippen LogP contribution in [0.15, 0.2) is 28.9 Å². The third-order valence-electron chi connectivity index (χ3n) is 3.48. The van der Waals surface area contributed by atoms with Crippen molar-refractivity contribution < 1.29 is 14.0 Å². The van der Waals surface area contributed by atoms with Crippen LogP contribution >= 0.6 is 0 Å². The summed E-state index contributed by atoms with van der Waals surface area (Å²) in [7, 11) is 0. The van der Waals surface area contributed by atoms with Crippen LogP contribution in [0.3, 0.4) is 0 Å². The quantitative estimate of drug-likeness (QED) is 0.890. The molecule has 0 aliphatic heterocycles. The van der Waals surface area contributed by atoms with Gasteiger partial charge in [-0.15, -0.1) is 0 Å². The van der Waals surface area contributed by atoms with Crippen molar-refractivity contribution in [3.8, 4) is 12.0 Å². The lowest BCUT2D eigenvalue weighted by molar-refractivity contribution is -0.124. The Hall–Kier alpha value is -3.01. The highest BCUT2D eigenvalue weighted by molar-refractivity contribution is 6.00. The number of hydrogen-bond acceptors (Lipinski definition) is 4. The van der Waals surface area contributed by atoms with Gasteiger partial charge in [0.15, 0.2) is 0 Å². The maximum Gasteiger partial charge on any atom is 0.256 e. The number of aromatic nitrogens is 1. The van der Waals surface area contributed by atoms with Crippen LogP contribution in [0.1, 0.15) is 49.4 Å². The molecular weight excluding hydrogens is 320 g/mol. The van der Waals surface area contributed by atoms with Crippen molar-refractivity contribution in [1.82, 2.24) is 15.2 Å². The molecule has 0 aromatic carbocycles.